The second kappa shape index (κ2) is 29.0. The van der Waals surface area contributed by atoms with Crippen molar-refractivity contribution >= 4 is 58.3 Å². The molecule has 8 aliphatic rings. The minimum Gasteiger partial charge on any atom is -0.490 e. The highest BCUT2D eigenvalue weighted by atomic mass is 35.5. The number of esters is 2. The normalized spacial score (nSPS) is 26.9. The molecule has 0 radical (unpaired) electrons. The van der Waals surface area contributed by atoms with Crippen molar-refractivity contribution in [1.82, 2.24) is 9.80 Å². The number of benzene rings is 4. The number of aliphatic hydroxyl groups excluding tert-OH is 2. The van der Waals surface area contributed by atoms with E-state index in [-0.39, 0.29) is 69.5 Å². The largest absolute Gasteiger partial charge is 0.490 e. The van der Waals surface area contributed by atoms with Gasteiger partial charge in [-0.25, -0.2) is 9.59 Å². The minimum absolute atomic E-state index is 0.00335. The van der Waals surface area contributed by atoms with Crippen molar-refractivity contribution in [3.8, 4) is 11.5 Å². The Kier molecular flexibility index (Phi) is 21.2. The molecule has 2 saturated carbocycles. The van der Waals surface area contributed by atoms with Gasteiger partial charge in [0.05, 0.1) is 63.9 Å². The number of carbonyl (C=O) groups excluding carboxylic acids is 4. The summed E-state index contributed by atoms with van der Waals surface area (Å²) in [6, 6.07) is 22.8. The third kappa shape index (κ3) is 13.6. The van der Waals surface area contributed by atoms with Gasteiger partial charge in [0.1, 0.15) is 11.5 Å². The highest BCUT2D eigenvalue weighted by Gasteiger charge is 2.50. The number of anilines is 2. The number of carbonyl (C=O) groups is 4. The Morgan fingerprint density at radius 1 is 0.596 bits per heavy atom. The fourth-order valence-electron chi connectivity index (χ4n) is 17.0. The molecule has 12 atom stereocenters. The molecular weight excluding hydrogens is 1230 g/mol. The number of methoxy groups -OCH3 is 2. The van der Waals surface area contributed by atoms with Gasteiger partial charge in [0.15, 0.2) is 11.2 Å². The Labute approximate surface area is 564 Å². The first kappa shape index (κ1) is 68.7. The standard InChI is InChI=1S/2C38H47ClN2O6/c2*1-4-8-29-10-7-18-41(29)35(43)21-38(45,36(44)46-3)27-12-16-34-32(20-27)40(22-26-11-14-30(26)33(42)5-2)23-37(24-47-34)17-6-9-25-19-28(39)13-15-31(25)37/h2*4-5,12-13,15-16,19-20,26,29-30,33,42,45H,1-2,6-11,14,17-18,21-24H2,3H3/t26-,29+,30+,33-,37-,38+;26-,29+,30+,33-,37-,38-/m00/s1. The van der Waals surface area contributed by atoms with Gasteiger partial charge < -0.3 is 59.0 Å². The maximum absolute atomic E-state index is 13.7. The van der Waals surface area contributed by atoms with Crippen LogP contribution in [-0.4, -0.2) is 145 Å². The van der Waals surface area contributed by atoms with Crippen LogP contribution in [0.5, 0.6) is 11.5 Å². The van der Waals surface area contributed by atoms with E-state index < -0.39 is 48.2 Å². The number of halogens is 2. The molecule has 4 aromatic carbocycles. The van der Waals surface area contributed by atoms with Crippen LogP contribution in [0.25, 0.3) is 0 Å². The number of hydrogen-bond acceptors (Lipinski definition) is 14. The van der Waals surface area contributed by atoms with Gasteiger partial charge in [0.2, 0.25) is 11.8 Å². The number of amides is 2. The lowest BCUT2D eigenvalue weighted by Gasteiger charge is -2.45. The van der Waals surface area contributed by atoms with Crippen molar-refractivity contribution in [2.75, 3.05) is 76.5 Å². The Hall–Kier alpha value is -6.66. The molecule has 4 aliphatic heterocycles. The molecule has 4 aliphatic carbocycles. The summed E-state index contributed by atoms with van der Waals surface area (Å²) in [5.41, 5.74) is 2.01. The van der Waals surface area contributed by atoms with Gasteiger partial charge in [-0.15, -0.1) is 26.3 Å². The van der Waals surface area contributed by atoms with Crippen molar-refractivity contribution in [3.05, 3.63) is 167 Å². The van der Waals surface area contributed by atoms with Crippen LogP contribution < -0.4 is 19.3 Å². The summed E-state index contributed by atoms with van der Waals surface area (Å²) < 4.78 is 23.5. The number of likely N-dealkylation sites (tertiary alicyclic amines) is 2. The Bertz CT molecular complexity index is 3280. The van der Waals surface area contributed by atoms with Gasteiger partial charge >= 0.3 is 11.9 Å². The van der Waals surface area contributed by atoms with Crippen molar-refractivity contribution < 1.29 is 58.6 Å². The van der Waals surface area contributed by atoms with Crippen LogP contribution in [0.3, 0.4) is 0 Å². The summed E-state index contributed by atoms with van der Waals surface area (Å²) >= 11 is 12.9. The number of rotatable bonds is 20. The predicted octanol–water partition coefficient (Wildman–Crippen LogP) is 11.4. The average molecular weight is 1330 g/mol. The molecule has 2 amide bonds. The van der Waals surface area contributed by atoms with E-state index in [1.807, 2.05) is 12.1 Å². The molecule has 0 unspecified atom stereocenters. The van der Waals surface area contributed by atoms with Crippen LogP contribution in [0.15, 0.2) is 123 Å². The number of aryl methyl sites for hydroxylation is 2. The number of fused-ring (bicyclic) bond motifs is 6. The molecular formula is C76H94Cl2N4O12. The van der Waals surface area contributed by atoms with E-state index in [1.165, 1.54) is 36.5 Å². The zero-order chi connectivity index (χ0) is 66.7. The topological polar surface area (TPSA) is 199 Å². The monoisotopic (exact) mass is 1320 g/mol. The maximum Gasteiger partial charge on any atom is 0.343 e. The highest BCUT2D eigenvalue weighted by molar-refractivity contribution is 6.31. The second-order valence-corrected chi connectivity index (χ2v) is 28.8. The predicted molar refractivity (Wildman–Crippen MR) is 365 cm³/mol. The van der Waals surface area contributed by atoms with Gasteiger partial charge in [0.25, 0.3) is 0 Å². The summed E-state index contributed by atoms with van der Waals surface area (Å²) in [5, 5.41) is 47.0. The first-order chi connectivity index (χ1) is 45.2. The summed E-state index contributed by atoms with van der Waals surface area (Å²) in [4.78, 5) is 62.1. The van der Waals surface area contributed by atoms with Crippen LogP contribution in [0.2, 0.25) is 10.0 Å². The molecule has 16 nitrogen and oxygen atoms in total. The molecule has 4 fully saturated rings. The molecule has 2 spiro atoms. The fraction of sp³-hybridized carbons (Fsp3) is 0.526. The average Bonchev–Trinajstić information content (AvgIpc) is 1.49. The van der Waals surface area contributed by atoms with Gasteiger partial charge in [-0.3, -0.25) is 9.59 Å². The number of aliphatic hydroxyl groups is 4. The van der Waals surface area contributed by atoms with Crippen LogP contribution in [0.4, 0.5) is 11.4 Å². The molecule has 12 rings (SSSR count). The van der Waals surface area contributed by atoms with E-state index in [4.69, 9.17) is 42.1 Å². The quantitative estimate of drug-likeness (QED) is 0.0481. The van der Waals surface area contributed by atoms with Crippen LogP contribution in [0.1, 0.15) is 136 Å². The smallest absolute Gasteiger partial charge is 0.343 e. The van der Waals surface area contributed by atoms with E-state index in [1.54, 1.807) is 70.5 Å². The molecule has 2 saturated heterocycles. The third-order valence-corrected chi connectivity index (χ3v) is 22.9. The Balaban J connectivity index is 0.000000192. The second-order valence-electron chi connectivity index (χ2n) is 27.9. The van der Waals surface area contributed by atoms with Gasteiger partial charge in [-0.1, -0.05) is 71.8 Å². The molecule has 94 heavy (non-hydrogen) atoms. The van der Waals surface area contributed by atoms with E-state index >= 15 is 0 Å². The first-order valence-corrected chi connectivity index (χ1v) is 34.7. The molecule has 0 aromatic heterocycles. The number of nitrogens with zero attached hydrogens (tertiary/aromatic N) is 4. The lowest BCUT2D eigenvalue weighted by Crippen LogP contribution is -2.49. The zero-order valence-corrected chi connectivity index (χ0v) is 56.2. The van der Waals surface area contributed by atoms with E-state index in [0.29, 0.717) is 76.8 Å². The highest BCUT2D eigenvalue weighted by Crippen LogP contribution is 2.51. The summed E-state index contributed by atoms with van der Waals surface area (Å²) in [6.07, 6.45) is 19.2. The van der Waals surface area contributed by atoms with Crippen molar-refractivity contribution in [1.29, 1.82) is 0 Å². The zero-order valence-electron chi connectivity index (χ0n) is 54.7. The van der Waals surface area contributed by atoms with E-state index in [9.17, 15) is 39.6 Å². The lowest BCUT2D eigenvalue weighted by atomic mass is 9.68. The van der Waals surface area contributed by atoms with E-state index in [2.05, 4.69) is 60.4 Å². The molecule has 18 heteroatoms. The summed E-state index contributed by atoms with van der Waals surface area (Å²) in [5.74, 6) is -0.400. The van der Waals surface area contributed by atoms with Crippen LogP contribution >= 0.6 is 23.2 Å². The molecule has 0 bridgehead atoms. The Morgan fingerprint density at radius 3 is 1.37 bits per heavy atom. The first-order valence-electron chi connectivity index (χ1n) is 33.9. The van der Waals surface area contributed by atoms with Crippen LogP contribution in [-0.2, 0) is 63.5 Å². The molecule has 4 aromatic rings. The summed E-state index contributed by atoms with van der Waals surface area (Å²) in [6.45, 7) is 20.0. The maximum atomic E-state index is 13.7. The molecule has 4 heterocycles. The van der Waals surface area contributed by atoms with E-state index in [0.717, 1.165) is 111 Å². The summed E-state index contributed by atoms with van der Waals surface area (Å²) in [7, 11) is 2.45. The molecule has 4 N–H and O–H groups in total. The van der Waals surface area contributed by atoms with Crippen LogP contribution in [0, 0.1) is 23.7 Å². The minimum atomic E-state index is -2.19. The van der Waals surface area contributed by atoms with Gasteiger partial charge in [0, 0.05) is 72.2 Å². The van der Waals surface area contributed by atoms with Crippen molar-refractivity contribution in [2.24, 2.45) is 23.7 Å². The third-order valence-electron chi connectivity index (χ3n) is 22.4. The fourth-order valence-corrected chi connectivity index (χ4v) is 17.4. The van der Waals surface area contributed by atoms with Gasteiger partial charge in [-0.05, 0) is 208 Å². The SMILES string of the molecule is C=CC[C@@H]1CCCN1C(=O)C[C@@](O)(C(=O)OC)c1ccc2c(c1)N(C[C@@H]1CC[C@H]1[C@@H](O)C=C)C[C@@]1(CCCc3cc(Cl)ccc31)CO2.C=CC[C@@H]1CCCN1C(=O)C[C@](O)(C(=O)OC)c1ccc2c(c1)N(C[C@@H]1CC[C@H]1[C@@H](O)C=C)C[C@@]1(CCCc3cc(Cl)ccc31)CO2. The molecule has 504 valence electrons. The lowest BCUT2D eigenvalue weighted by molar-refractivity contribution is -0.168. The van der Waals surface area contributed by atoms with Crippen molar-refractivity contribution in [2.45, 2.75) is 162 Å². The number of hydrogen-bond donors (Lipinski definition) is 4. The van der Waals surface area contributed by atoms with Gasteiger partial charge in [-0.2, -0.15) is 0 Å². The van der Waals surface area contributed by atoms with Crippen molar-refractivity contribution in [3.63, 3.8) is 0 Å². The number of ether oxygens (including phenoxy) is 4. The Morgan fingerprint density at radius 2 is 1.01 bits per heavy atom.